The molecule has 2 aromatic heterocycles. The molecule has 1 aliphatic heterocycles. The topological polar surface area (TPSA) is 132 Å². The van der Waals surface area contributed by atoms with Crippen LogP contribution in [0.4, 0.5) is 5.82 Å². The summed E-state index contributed by atoms with van der Waals surface area (Å²) in [6.07, 6.45) is 4.77. The van der Waals surface area contributed by atoms with E-state index in [1.807, 2.05) is 18.4 Å². The zero-order valence-corrected chi connectivity index (χ0v) is 18.7. The zero-order valence-electron chi connectivity index (χ0n) is 17.0. The lowest BCUT2D eigenvalue weighted by Crippen LogP contribution is -2.33. The van der Waals surface area contributed by atoms with Crippen molar-refractivity contribution in [1.82, 2.24) is 19.5 Å². The monoisotopic (exact) mass is 457 g/mol. The second-order valence-corrected chi connectivity index (χ2v) is 10.5. The van der Waals surface area contributed by atoms with Crippen LogP contribution in [0.3, 0.4) is 0 Å². The van der Waals surface area contributed by atoms with E-state index in [1.165, 1.54) is 6.33 Å². The van der Waals surface area contributed by atoms with E-state index in [1.54, 1.807) is 6.33 Å². The summed E-state index contributed by atoms with van der Waals surface area (Å²) in [6, 6.07) is -0.132. The van der Waals surface area contributed by atoms with Crippen LogP contribution in [0, 0.1) is 11.8 Å². The van der Waals surface area contributed by atoms with Crippen molar-refractivity contribution in [2.75, 3.05) is 18.1 Å². The van der Waals surface area contributed by atoms with E-state index in [9.17, 15) is 14.6 Å². The number of hydrogen-bond donors (Lipinski definition) is 4. The minimum Gasteiger partial charge on any atom is -0.393 e. The Bertz CT molecular complexity index is 945. The fourth-order valence-corrected chi connectivity index (χ4v) is 6.70. The summed E-state index contributed by atoms with van der Waals surface area (Å²) < 4.78 is 24.8. The lowest BCUT2D eigenvalue weighted by atomic mass is 9.88. The number of hydrogen-bond acceptors (Lipinski definition) is 9. The molecule has 0 radical (unpaired) electrons. The van der Waals surface area contributed by atoms with Crippen LogP contribution in [0.2, 0.25) is 0 Å². The summed E-state index contributed by atoms with van der Waals surface area (Å²) in [7, 11) is -3.67. The fraction of sp³-hybridized carbons (Fsp3) is 0.722. The van der Waals surface area contributed by atoms with Crippen LogP contribution in [0.15, 0.2) is 12.7 Å². The number of aromatic nitrogens is 4. The molecule has 0 amide bonds. The second kappa shape index (κ2) is 8.72. The maximum Gasteiger partial charge on any atom is 0.328 e. The average molecular weight is 457 g/mol. The molecule has 12 heteroatoms. The van der Waals surface area contributed by atoms with E-state index >= 15 is 0 Å². The fourth-order valence-electron chi connectivity index (χ4n) is 4.57. The Balaban J connectivity index is 1.61. The van der Waals surface area contributed by atoms with Gasteiger partial charge >= 0.3 is 7.60 Å². The molecule has 3 heterocycles. The normalized spacial score (nSPS) is 33.8. The van der Waals surface area contributed by atoms with E-state index < -0.39 is 13.7 Å². The Labute approximate surface area is 180 Å². The number of thiol groups is 1. The molecule has 1 saturated carbocycles. The van der Waals surface area contributed by atoms with Gasteiger partial charge in [-0.3, -0.25) is 4.57 Å². The lowest BCUT2D eigenvalue weighted by molar-refractivity contribution is 0.0840. The molecule has 30 heavy (non-hydrogen) atoms. The first kappa shape index (κ1) is 22.0. The summed E-state index contributed by atoms with van der Waals surface area (Å²) in [5, 5.41) is 13.1. The molecule has 4 rings (SSSR count). The van der Waals surface area contributed by atoms with Crippen LogP contribution in [-0.4, -0.2) is 60.5 Å². The highest BCUT2D eigenvalue weighted by Crippen LogP contribution is 2.56. The molecular formula is C18H28N5O5PS. The van der Waals surface area contributed by atoms with Crippen molar-refractivity contribution in [1.29, 1.82) is 0 Å². The molecule has 10 nitrogen and oxygen atoms in total. The average Bonchev–Trinajstić information content (AvgIpc) is 3.38. The van der Waals surface area contributed by atoms with E-state index in [0.29, 0.717) is 30.0 Å². The Morgan fingerprint density at radius 2 is 2.20 bits per heavy atom. The molecule has 2 aliphatic rings. The van der Waals surface area contributed by atoms with Gasteiger partial charge in [-0.2, -0.15) is 0 Å². The molecule has 2 aromatic rings. The van der Waals surface area contributed by atoms with E-state index in [-0.39, 0.29) is 36.2 Å². The first-order valence-electron chi connectivity index (χ1n) is 10.2. The molecule has 0 spiro atoms. The van der Waals surface area contributed by atoms with Gasteiger partial charge in [0.2, 0.25) is 0 Å². The van der Waals surface area contributed by atoms with Crippen molar-refractivity contribution in [2.45, 2.75) is 57.4 Å². The van der Waals surface area contributed by atoms with Crippen molar-refractivity contribution in [2.24, 2.45) is 11.8 Å². The van der Waals surface area contributed by atoms with Crippen LogP contribution in [0.5, 0.6) is 0 Å². The Morgan fingerprint density at radius 1 is 1.40 bits per heavy atom. The number of imidazole rings is 1. The Kier molecular flexibility index (Phi) is 6.39. The van der Waals surface area contributed by atoms with E-state index in [0.717, 1.165) is 12.8 Å². The largest absolute Gasteiger partial charge is 0.393 e. The van der Waals surface area contributed by atoms with Crippen molar-refractivity contribution < 1.29 is 23.3 Å². The molecule has 7 atom stereocenters. The number of nitrogens with one attached hydrogen (secondary N) is 1. The standard InChI is InChI=1S/C18H28N5O5PS/c1-10(6-27-30)14-7-29(25,26)28-16(14)11(2)23-9-21-15-17(19-8-20-18(15)23)22-12-3-4-13(24)5-12/h8-14,16,24,30H,3-7H2,1-2H3,(H,25,26)(H,19,20,22)/t10-,11-,12-,13+,14-,16+/m1/s1. The number of aliphatic hydroxyl groups excluding tert-OH is 1. The number of nitrogens with zero attached hydrogens (tertiary/aromatic N) is 4. The molecule has 1 aliphatic carbocycles. The van der Waals surface area contributed by atoms with Gasteiger partial charge in [-0.05, 0) is 45.0 Å². The van der Waals surface area contributed by atoms with Crippen LogP contribution in [0.25, 0.3) is 11.2 Å². The predicted octanol–water partition coefficient (Wildman–Crippen LogP) is 2.41. The van der Waals surface area contributed by atoms with Gasteiger partial charge in [-0.25, -0.2) is 15.0 Å². The third kappa shape index (κ3) is 4.37. The third-order valence-electron chi connectivity index (χ3n) is 6.24. The molecule has 3 N–H and O–H groups in total. The number of fused-ring (bicyclic) bond motifs is 1. The van der Waals surface area contributed by atoms with Gasteiger partial charge in [0.25, 0.3) is 0 Å². The number of rotatable bonds is 7. The van der Waals surface area contributed by atoms with Crippen molar-refractivity contribution in [3.8, 4) is 0 Å². The smallest absolute Gasteiger partial charge is 0.328 e. The predicted molar refractivity (Wildman–Crippen MR) is 114 cm³/mol. The van der Waals surface area contributed by atoms with Crippen molar-refractivity contribution in [3.63, 3.8) is 0 Å². The summed E-state index contributed by atoms with van der Waals surface area (Å²) in [5.74, 6) is 0.451. The van der Waals surface area contributed by atoms with E-state index in [2.05, 4.69) is 33.2 Å². The summed E-state index contributed by atoms with van der Waals surface area (Å²) in [4.78, 5) is 23.4. The highest BCUT2D eigenvalue weighted by atomic mass is 32.1. The van der Waals surface area contributed by atoms with E-state index in [4.69, 9.17) is 8.71 Å². The molecule has 1 unspecified atom stereocenters. The molecular weight excluding hydrogens is 429 g/mol. The maximum atomic E-state index is 12.3. The quantitative estimate of drug-likeness (QED) is 0.281. The van der Waals surface area contributed by atoms with Gasteiger partial charge in [0, 0.05) is 12.0 Å². The summed E-state index contributed by atoms with van der Waals surface area (Å²) >= 11 is 3.82. The highest BCUT2D eigenvalue weighted by molar-refractivity contribution is 7.75. The van der Waals surface area contributed by atoms with Crippen LogP contribution >= 0.6 is 20.5 Å². The highest BCUT2D eigenvalue weighted by Gasteiger charge is 2.47. The second-order valence-electron chi connectivity index (χ2n) is 8.42. The van der Waals surface area contributed by atoms with Crippen molar-refractivity contribution >= 4 is 37.5 Å². The minimum absolute atomic E-state index is 0.00615. The van der Waals surface area contributed by atoms with Crippen molar-refractivity contribution in [3.05, 3.63) is 12.7 Å². The molecule has 0 aromatic carbocycles. The third-order valence-corrected chi connectivity index (χ3v) is 7.84. The minimum atomic E-state index is -3.67. The van der Waals surface area contributed by atoms with Crippen LogP contribution < -0.4 is 5.32 Å². The first-order chi connectivity index (χ1) is 14.3. The molecule has 1 saturated heterocycles. The molecule has 166 valence electrons. The van der Waals surface area contributed by atoms with Gasteiger partial charge in [0.15, 0.2) is 11.5 Å². The van der Waals surface area contributed by atoms with Crippen LogP contribution in [-0.2, 0) is 13.3 Å². The lowest BCUT2D eigenvalue weighted by Gasteiger charge is -2.28. The summed E-state index contributed by atoms with van der Waals surface area (Å²) in [5.41, 5.74) is 1.25. The van der Waals surface area contributed by atoms with Gasteiger partial charge in [0.1, 0.15) is 11.8 Å². The van der Waals surface area contributed by atoms with Crippen LogP contribution in [0.1, 0.15) is 39.2 Å². The Hall–Kier alpha value is -1.23. The zero-order chi connectivity index (χ0) is 21.5. The van der Waals surface area contributed by atoms with Gasteiger partial charge in [-0.15, -0.1) is 0 Å². The Morgan fingerprint density at radius 3 is 2.90 bits per heavy atom. The molecule has 0 bridgehead atoms. The number of aliphatic hydroxyl groups is 1. The first-order valence-corrected chi connectivity index (χ1v) is 12.3. The van der Waals surface area contributed by atoms with Gasteiger partial charge < -0.3 is 28.6 Å². The SMILES string of the molecule is C[C@H](COS)[C@H]1CP(=O)(O)O[C@H]1[C@@H](C)n1cnc2c(N[C@@H]3CC[C@H](O)C3)ncnc21. The maximum absolute atomic E-state index is 12.3. The van der Waals surface area contributed by atoms with Gasteiger partial charge in [0.05, 0.1) is 37.3 Å². The molecule has 2 fully saturated rings. The van der Waals surface area contributed by atoms with Gasteiger partial charge in [-0.1, -0.05) is 6.92 Å². The number of anilines is 1. The summed E-state index contributed by atoms with van der Waals surface area (Å²) in [6.45, 7) is 4.25.